The van der Waals surface area contributed by atoms with E-state index < -0.39 is 11.6 Å². The van der Waals surface area contributed by atoms with E-state index in [2.05, 4.69) is 15.6 Å². The first-order chi connectivity index (χ1) is 11.6. The molecule has 1 aliphatic heterocycles. The third-order valence-corrected chi connectivity index (χ3v) is 3.90. The van der Waals surface area contributed by atoms with Crippen LogP contribution in [0.5, 0.6) is 0 Å². The Bertz CT molecular complexity index is 553. The molecule has 1 atom stereocenters. The summed E-state index contributed by atoms with van der Waals surface area (Å²) in [5.74, 6) is -0.307. The molecular formula is C17H26F2N4O. The van der Waals surface area contributed by atoms with Crippen LogP contribution >= 0.6 is 0 Å². The minimum Gasteiger partial charge on any atom is -0.385 e. The van der Waals surface area contributed by atoms with Gasteiger partial charge in [0.15, 0.2) is 5.96 Å². The molecule has 0 amide bonds. The molecule has 1 aromatic rings. The van der Waals surface area contributed by atoms with Gasteiger partial charge in [0.05, 0.1) is 5.69 Å². The number of benzene rings is 1. The Kier molecular flexibility index (Phi) is 7.24. The van der Waals surface area contributed by atoms with Crippen LogP contribution in [0.4, 0.5) is 14.5 Å². The second-order valence-electron chi connectivity index (χ2n) is 5.78. The summed E-state index contributed by atoms with van der Waals surface area (Å²) in [6, 6.07) is 3.89. The van der Waals surface area contributed by atoms with E-state index in [1.54, 1.807) is 7.11 Å². The molecule has 0 aromatic heterocycles. The number of hydrogen-bond donors (Lipinski definition) is 2. The molecule has 0 bridgehead atoms. The van der Waals surface area contributed by atoms with E-state index in [0.717, 1.165) is 38.0 Å². The van der Waals surface area contributed by atoms with Gasteiger partial charge in [-0.3, -0.25) is 4.99 Å². The Hall–Kier alpha value is -1.89. The van der Waals surface area contributed by atoms with Crippen LogP contribution in [0, 0.1) is 11.6 Å². The molecule has 1 aliphatic rings. The van der Waals surface area contributed by atoms with Gasteiger partial charge in [0.1, 0.15) is 11.6 Å². The van der Waals surface area contributed by atoms with Crippen molar-refractivity contribution in [1.82, 2.24) is 10.6 Å². The summed E-state index contributed by atoms with van der Waals surface area (Å²) in [6.45, 7) is 5.55. The van der Waals surface area contributed by atoms with Gasteiger partial charge in [-0.15, -0.1) is 0 Å². The van der Waals surface area contributed by atoms with E-state index in [9.17, 15) is 8.78 Å². The predicted molar refractivity (Wildman–Crippen MR) is 92.6 cm³/mol. The minimum absolute atomic E-state index is 0.176. The molecule has 1 heterocycles. The Morgan fingerprint density at radius 2 is 2.25 bits per heavy atom. The van der Waals surface area contributed by atoms with Crippen molar-refractivity contribution in [3.63, 3.8) is 0 Å². The molecule has 0 spiro atoms. The third kappa shape index (κ3) is 5.33. The van der Waals surface area contributed by atoms with Gasteiger partial charge in [0, 0.05) is 52.0 Å². The lowest BCUT2D eigenvalue weighted by atomic mass is 10.2. The number of hydrogen-bond acceptors (Lipinski definition) is 3. The van der Waals surface area contributed by atoms with Gasteiger partial charge in [-0.2, -0.15) is 0 Å². The largest absolute Gasteiger partial charge is 0.385 e. The quantitative estimate of drug-likeness (QED) is 0.454. The number of ether oxygens (including phenoxy) is 1. The molecule has 2 N–H and O–H groups in total. The average molecular weight is 340 g/mol. The van der Waals surface area contributed by atoms with Crippen molar-refractivity contribution in [2.75, 3.05) is 44.8 Å². The number of halogens is 2. The zero-order valence-corrected chi connectivity index (χ0v) is 14.3. The Morgan fingerprint density at radius 3 is 2.96 bits per heavy atom. The normalized spacial score (nSPS) is 18.1. The summed E-state index contributed by atoms with van der Waals surface area (Å²) in [5, 5.41) is 6.60. The van der Waals surface area contributed by atoms with E-state index in [1.807, 2.05) is 11.8 Å². The lowest BCUT2D eigenvalue weighted by Crippen LogP contribution is -2.44. The first-order valence-electron chi connectivity index (χ1n) is 8.37. The maximum Gasteiger partial charge on any atom is 0.191 e. The van der Waals surface area contributed by atoms with Crippen molar-refractivity contribution in [3.8, 4) is 0 Å². The van der Waals surface area contributed by atoms with Crippen molar-refractivity contribution in [3.05, 3.63) is 29.8 Å². The number of anilines is 1. The van der Waals surface area contributed by atoms with Crippen LogP contribution in [0.1, 0.15) is 19.8 Å². The van der Waals surface area contributed by atoms with Crippen molar-refractivity contribution >= 4 is 11.6 Å². The molecule has 1 saturated heterocycles. The van der Waals surface area contributed by atoms with E-state index >= 15 is 0 Å². The van der Waals surface area contributed by atoms with Crippen molar-refractivity contribution in [2.45, 2.75) is 25.8 Å². The van der Waals surface area contributed by atoms with Crippen LogP contribution in [0.2, 0.25) is 0 Å². The summed E-state index contributed by atoms with van der Waals surface area (Å²) >= 11 is 0. The summed E-state index contributed by atoms with van der Waals surface area (Å²) in [7, 11) is 1.68. The van der Waals surface area contributed by atoms with E-state index in [4.69, 9.17) is 4.74 Å². The number of rotatable bonds is 7. The van der Waals surface area contributed by atoms with Crippen LogP contribution < -0.4 is 15.5 Å². The van der Waals surface area contributed by atoms with Gasteiger partial charge < -0.3 is 20.3 Å². The van der Waals surface area contributed by atoms with Gasteiger partial charge in [0.2, 0.25) is 0 Å². The highest BCUT2D eigenvalue weighted by molar-refractivity contribution is 5.80. The number of aliphatic imine (C=N–C) groups is 1. The second kappa shape index (κ2) is 9.42. The first-order valence-corrected chi connectivity index (χ1v) is 8.37. The highest BCUT2D eigenvalue weighted by Crippen LogP contribution is 2.24. The molecule has 2 rings (SSSR count). The highest BCUT2D eigenvalue weighted by atomic mass is 19.1. The molecule has 1 aromatic carbocycles. The summed E-state index contributed by atoms with van der Waals surface area (Å²) < 4.78 is 32.0. The van der Waals surface area contributed by atoms with Crippen LogP contribution in [-0.2, 0) is 4.74 Å². The zero-order chi connectivity index (χ0) is 17.4. The molecule has 5 nitrogen and oxygen atoms in total. The van der Waals surface area contributed by atoms with Gasteiger partial charge in [-0.05, 0) is 31.9 Å². The average Bonchev–Trinajstić information content (AvgIpc) is 3.00. The minimum atomic E-state index is -0.553. The maximum atomic E-state index is 13.9. The van der Waals surface area contributed by atoms with Crippen LogP contribution in [0.25, 0.3) is 0 Å². The smallest absolute Gasteiger partial charge is 0.191 e. The number of guanidine groups is 1. The number of nitrogens with zero attached hydrogens (tertiary/aromatic N) is 2. The summed E-state index contributed by atoms with van der Waals surface area (Å²) in [5.41, 5.74) is 0.447. The van der Waals surface area contributed by atoms with Gasteiger partial charge in [0.25, 0.3) is 0 Å². The molecular weight excluding hydrogens is 314 g/mol. The van der Waals surface area contributed by atoms with Crippen LogP contribution in [0.3, 0.4) is 0 Å². The molecule has 1 unspecified atom stereocenters. The fourth-order valence-electron chi connectivity index (χ4n) is 2.75. The number of nitrogens with one attached hydrogen (secondary N) is 2. The fourth-order valence-corrected chi connectivity index (χ4v) is 2.75. The summed E-state index contributed by atoms with van der Waals surface area (Å²) in [6.07, 6.45) is 1.74. The van der Waals surface area contributed by atoms with Crippen LogP contribution in [-0.4, -0.2) is 51.9 Å². The molecule has 0 aliphatic carbocycles. The fraction of sp³-hybridized carbons (Fsp3) is 0.588. The second-order valence-corrected chi connectivity index (χ2v) is 5.78. The van der Waals surface area contributed by atoms with Gasteiger partial charge >= 0.3 is 0 Å². The molecule has 24 heavy (non-hydrogen) atoms. The van der Waals surface area contributed by atoms with E-state index in [-0.39, 0.29) is 6.04 Å². The van der Waals surface area contributed by atoms with E-state index in [1.165, 1.54) is 12.1 Å². The number of methoxy groups -OCH3 is 1. The van der Waals surface area contributed by atoms with Crippen molar-refractivity contribution < 1.29 is 13.5 Å². The van der Waals surface area contributed by atoms with Crippen molar-refractivity contribution in [2.24, 2.45) is 4.99 Å². The Labute approximate surface area is 142 Å². The van der Waals surface area contributed by atoms with Gasteiger partial charge in [-0.1, -0.05) is 0 Å². The topological polar surface area (TPSA) is 48.9 Å². The standard InChI is InChI=1S/C17H26F2N4O/c1-3-20-17(21-8-4-10-24-2)22-14-7-9-23(12-14)16-6-5-13(18)11-15(16)19/h5-6,11,14H,3-4,7-10,12H2,1-2H3,(H2,20,21,22). The Balaban J connectivity index is 1.91. The lowest BCUT2D eigenvalue weighted by Gasteiger charge is -2.21. The zero-order valence-electron chi connectivity index (χ0n) is 14.3. The molecule has 134 valence electrons. The molecule has 7 heteroatoms. The molecule has 0 radical (unpaired) electrons. The first kappa shape index (κ1) is 18.4. The predicted octanol–water partition coefficient (Wildman–Crippen LogP) is 2.14. The maximum absolute atomic E-state index is 13.9. The molecule has 0 saturated carbocycles. The van der Waals surface area contributed by atoms with Gasteiger partial charge in [-0.25, -0.2) is 8.78 Å². The Morgan fingerprint density at radius 1 is 1.42 bits per heavy atom. The monoisotopic (exact) mass is 340 g/mol. The van der Waals surface area contributed by atoms with Crippen LogP contribution in [0.15, 0.2) is 23.2 Å². The van der Waals surface area contributed by atoms with E-state index in [0.29, 0.717) is 25.4 Å². The van der Waals surface area contributed by atoms with Crippen molar-refractivity contribution in [1.29, 1.82) is 0 Å². The SMILES string of the molecule is CCNC(=NCCCOC)NC1CCN(c2ccc(F)cc2F)C1. The third-order valence-electron chi connectivity index (χ3n) is 3.90. The summed E-state index contributed by atoms with van der Waals surface area (Å²) in [4.78, 5) is 6.45. The highest BCUT2D eigenvalue weighted by Gasteiger charge is 2.25. The molecule has 1 fully saturated rings. The lowest BCUT2D eigenvalue weighted by molar-refractivity contribution is 0.197.